The summed E-state index contributed by atoms with van der Waals surface area (Å²) in [6, 6.07) is 0. The van der Waals surface area contributed by atoms with Crippen molar-refractivity contribution in [2.24, 2.45) is 0 Å². The molecule has 0 atom stereocenters. The Labute approximate surface area is 110 Å². The minimum atomic E-state index is -0.548. The maximum atomic E-state index is 11.7. The lowest BCUT2D eigenvalue weighted by molar-refractivity contribution is -0.161. The van der Waals surface area contributed by atoms with E-state index in [1.54, 1.807) is 0 Å². The zero-order valence-electron chi connectivity index (χ0n) is 10.8. The van der Waals surface area contributed by atoms with Crippen LogP contribution >= 0.6 is 0 Å². The fraction of sp³-hybridized carbons (Fsp3) is 0.667. The van der Waals surface area contributed by atoms with E-state index in [-0.39, 0.29) is 11.3 Å². The molecule has 2 aliphatic rings. The second-order valence-electron chi connectivity index (χ2n) is 4.72. The SMILES string of the molecule is COc1c(N2CCCC3(C2)OCCO3)nc[nH]c1=O. The number of nitrogens with zero attached hydrogens (tertiary/aromatic N) is 2. The Hall–Kier alpha value is -1.60. The Bertz CT molecular complexity index is 510. The van der Waals surface area contributed by atoms with Gasteiger partial charge in [-0.2, -0.15) is 0 Å². The summed E-state index contributed by atoms with van der Waals surface area (Å²) in [5.74, 6) is 0.232. The molecule has 1 N–H and O–H groups in total. The summed E-state index contributed by atoms with van der Waals surface area (Å²) in [6.45, 7) is 2.61. The van der Waals surface area contributed by atoms with Gasteiger partial charge in [0.25, 0.3) is 5.56 Å². The van der Waals surface area contributed by atoms with E-state index < -0.39 is 5.79 Å². The van der Waals surface area contributed by atoms with Gasteiger partial charge in [0.2, 0.25) is 5.75 Å². The highest BCUT2D eigenvalue weighted by molar-refractivity contribution is 5.51. The first-order valence-electron chi connectivity index (χ1n) is 6.39. The lowest BCUT2D eigenvalue weighted by Crippen LogP contribution is -2.49. The van der Waals surface area contributed by atoms with Gasteiger partial charge in [-0.3, -0.25) is 4.79 Å². The summed E-state index contributed by atoms with van der Waals surface area (Å²) < 4.78 is 16.6. The highest BCUT2D eigenvalue weighted by Crippen LogP contribution is 2.33. The molecule has 0 saturated carbocycles. The molecule has 0 amide bonds. The van der Waals surface area contributed by atoms with Crippen LogP contribution in [0.2, 0.25) is 0 Å². The normalized spacial score (nSPS) is 21.8. The van der Waals surface area contributed by atoms with Gasteiger partial charge in [-0.1, -0.05) is 0 Å². The summed E-state index contributed by atoms with van der Waals surface area (Å²) in [4.78, 5) is 20.4. The lowest BCUT2D eigenvalue weighted by Gasteiger charge is -2.39. The molecule has 1 aromatic heterocycles. The van der Waals surface area contributed by atoms with Gasteiger partial charge in [0.1, 0.15) is 0 Å². The van der Waals surface area contributed by atoms with Crippen molar-refractivity contribution < 1.29 is 14.2 Å². The van der Waals surface area contributed by atoms with Crippen LogP contribution in [0.4, 0.5) is 5.82 Å². The molecule has 2 aliphatic heterocycles. The third kappa shape index (κ3) is 2.19. The maximum Gasteiger partial charge on any atom is 0.295 e. The third-order valence-electron chi connectivity index (χ3n) is 3.53. The van der Waals surface area contributed by atoms with Crippen molar-refractivity contribution in [1.82, 2.24) is 9.97 Å². The molecule has 2 saturated heterocycles. The van der Waals surface area contributed by atoms with Crippen molar-refractivity contribution in [3.63, 3.8) is 0 Å². The van der Waals surface area contributed by atoms with E-state index in [2.05, 4.69) is 9.97 Å². The molecule has 0 bridgehead atoms. The molecule has 3 rings (SSSR count). The van der Waals surface area contributed by atoms with Crippen LogP contribution in [0.3, 0.4) is 0 Å². The van der Waals surface area contributed by atoms with E-state index in [0.717, 1.165) is 19.4 Å². The van der Waals surface area contributed by atoms with Gasteiger partial charge in [-0.25, -0.2) is 4.98 Å². The van der Waals surface area contributed by atoms with Crippen LogP contribution in [0.5, 0.6) is 5.75 Å². The molecule has 19 heavy (non-hydrogen) atoms. The minimum absolute atomic E-state index is 0.234. The highest BCUT2D eigenvalue weighted by Gasteiger charge is 2.41. The van der Waals surface area contributed by atoms with Crippen LogP contribution in [-0.4, -0.2) is 49.2 Å². The van der Waals surface area contributed by atoms with Gasteiger partial charge in [-0.15, -0.1) is 0 Å². The van der Waals surface area contributed by atoms with Crippen molar-refractivity contribution >= 4 is 5.82 Å². The number of piperidine rings is 1. The molecule has 2 fully saturated rings. The summed E-state index contributed by atoms with van der Waals surface area (Å²) in [6.07, 6.45) is 3.18. The van der Waals surface area contributed by atoms with Crippen molar-refractivity contribution in [3.05, 3.63) is 16.7 Å². The largest absolute Gasteiger partial charge is 0.489 e. The molecule has 3 heterocycles. The average Bonchev–Trinajstić information content (AvgIpc) is 2.86. The molecule has 0 aliphatic carbocycles. The number of ether oxygens (including phenoxy) is 3. The molecular weight excluding hydrogens is 250 g/mol. The monoisotopic (exact) mass is 267 g/mol. The Balaban J connectivity index is 1.90. The van der Waals surface area contributed by atoms with E-state index in [1.165, 1.54) is 13.4 Å². The first kappa shape index (κ1) is 12.4. The fourth-order valence-corrected chi connectivity index (χ4v) is 2.69. The van der Waals surface area contributed by atoms with Gasteiger partial charge in [0, 0.05) is 13.0 Å². The fourth-order valence-electron chi connectivity index (χ4n) is 2.69. The molecule has 1 aromatic rings. The number of aromatic nitrogens is 2. The summed E-state index contributed by atoms with van der Waals surface area (Å²) in [5, 5.41) is 0. The molecule has 0 aromatic carbocycles. The number of hydrogen-bond donors (Lipinski definition) is 1. The average molecular weight is 267 g/mol. The van der Waals surface area contributed by atoms with Crippen LogP contribution in [0.25, 0.3) is 0 Å². The number of hydrogen-bond acceptors (Lipinski definition) is 6. The number of methoxy groups -OCH3 is 1. The Morgan fingerprint density at radius 2 is 2.26 bits per heavy atom. The standard InChI is InChI=1S/C12H17N3O4/c1-17-9-10(13-8-14-11(9)16)15-4-2-3-12(7-15)18-5-6-19-12/h8H,2-7H2,1H3,(H,13,14,16). The van der Waals surface area contributed by atoms with Gasteiger partial charge >= 0.3 is 0 Å². The molecule has 7 nitrogen and oxygen atoms in total. The van der Waals surface area contributed by atoms with Crippen LogP contribution in [-0.2, 0) is 9.47 Å². The lowest BCUT2D eigenvalue weighted by atomic mass is 10.0. The highest BCUT2D eigenvalue weighted by atomic mass is 16.7. The Morgan fingerprint density at radius 1 is 1.47 bits per heavy atom. The summed E-state index contributed by atoms with van der Waals surface area (Å²) in [7, 11) is 1.47. The van der Waals surface area contributed by atoms with E-state index >= 15 is 0 Å². The van der Waals surface area contributed by atoms with Gasteiger partial charge < -0.3 is 24.1 Å². The Kier molecular flexibility index (Phi) is 3.16. The van der Waals surface area contributed by atoms with Crippen molar-refractivity contribution in [1.29, 1.82) is 0 Å². The van der Waals surface area contributed by atoms with Gasteiger partial charge in [-0.05, 0) is 6.42 Å². The second-order valence-corrected chi connectivity index (χ2v) is 4.72. The molecule has 7 heteroatoms. The zero-order chi connectivity index (χ0) is 13.3. The smallest absolute Gasteiger partial charge is 0.295 e. The maximum absolute atomic E-state index is 11.7. The molecule has 0 unspecified atom stereocenters. The first-order chi connectivity index (χ1) is 9.24. The number of H-pyrrole nitrogens is 1. The van der Waals surface area contributed by atoms with Crippen molar-refractivity contribution in [3.8, 4) is 5.75 Å². The molecule has 0 radical (unpaired) electrons. The van der Waals surface area contributed by atoms with E-state index in [9.17, 15) is 4.79 Å². The van der Waals surface area contributed by atoms with Crippen LogP contribution < -0.4 is 15.2 Å². The first-order valence-corrected chi connectivity index (χ1v) is 6.39. The van der Waals surface area contributed by atoms with E-state index in [0.29, 0.717) is 25.6 Å². The van der Waals surface area contributed by atoms with Crippen molar-refractivity contribution in [2.75, 3.05) is 38.3 Å². The van der Waals surface area contributed by atoms with Crippen LogP contribution in [0.1, 0.15) is 12.8 Å². The third-order valence-corrected chi connectivity index (χ3v) is 3.53. The molecule has 104 valence electrons. The predicted molar refractivity (Wildman–Crippen MR) is 67.5 cm³/mol. The van der Waals surface area contributed by atoms with Crippen molar-refractivity contribution in [2.45, 2.75) is 18.6 Å². The zero-order valence-corrected chi connectivity index (χ0v) is 10.8. The van der Waals surface area contributed by atoms with E-state index in [1.807, 2.05) is 4.90 Å². The Morgan fingerprint density at radius 3 is 3.00 bits per heavy atom. The number of rotatable bonds is 2. The quantitative estimate of drug-likeness (QED) is 0.820. The summed E-state index contributed by atoms with van der Waals surface area (Å²) >= 11 is 0. The van der Waals surface area contributed by atoms with Gasteiger partial charge in [0.15, 0.2) is 11.6 Å². The number of aromatic amines is 1. The van der Waals surface area contributed by atoms with Gasteiger partial charge in [0.05, 0.1) is 33.2 Å². The van der Waals surface area contributed by atoms with Crippen LogP contribution in [0.15, 0.2) is 11.1 Å². The summed E-state index contributed by atoms with van der Waals surface area (Å²) in [5.41, 5.74) is -0.277. The molecular formula is C12H17N3O4. The molecule has 1 spiro atoms. The number of anilines is 1. The number of nitrogens with one attached hydrogen (secondary N) is 1. The second kappa shape index (κ2) is 4.82. The minimum Gasteiger partial charge on any atom is -0.489 e. The van der Waals surface area contributed by atoms with E-state index in [4.69, 9.17) is 14.2 Å². The topological polar surface area (TPSA) is 76.7 Å². The predicted octanol–water partition coefficient (Wildman–Crippen LogP) is 0.122. The van der Waals surface area contributed by atoms with Crippen LogP contribution in [0, 0.1) is 0 Å².